The van der Waals surface area contributed by atoms with E-state index in [1.807, 2.05) is 6.07 Å². The molecule has 0 aliphatic rings. The number of methoxy groups -OCH3 is 1. The molecule has 0 aliphatic carbocycles. The van der Waals surface area contributed by atoms with Crippen LogP contribution in [0.1, 0.15) is 4.88 Å². The predicted octanol–water partition coefficient (Wildman–Crippen LogP) is 1.78. The van der Waals surface area contributed by atoms with Gasteiger partial charge >= 0.3 is 0 Å². The fourth-order valence-electron chi connectivity index (χ4n) is 1.41. The molecule has 0 atom stereocenters. The lowest BCUT2D eigenvalue weighted by atomic mass is 10.3. The summed E-state index contributed by atoms with van der Waals surface area (Å²) in [6.45, 7) is 0.806. The second kappa shape index (κ2) is 5.49. The first-order chi connectivity index (χ1) is 8.28. The van der Waals surface area contributed by atoms with Gasteiger partial charge in [-0.05, 0) is 17.9 Å². The van der Waals surface area contributed by atoms with E-state index >= 15 is 0 Å². The Morgan fingerprint density at radius 2 is 2.35 bits per heavy atom. The number of rotatable bonds is 5. The maximum Gasteiger partial charge on any atom is 0.225 e. The minimum atomic E-state index is 0.211. The minimum absolute atomic E-state index is 0.211. The van der Waals surface area contributed by atoms with Gasteiger partial charge < -0.3 is 15.8 Å². The van der Waals surface area contributed by atoms with Gasteiger partial charge in [-0.3, -0.25) is 0 Å². The quantitative estimate of drug-likeness (QED) is 0.846. The molecule has 6 heteroatoms. The monoisotopic (exact) mass is 250 g/mol. The fourth-order valence-corrected chi connectivity index (χ4v) is 2.12. The smallest absolute Gasteiger partial charge is 0.225 e. The summed E-state index contributed by atoms with van der Waals surface area (Å²) in [7, 11) is 1.55. The van der Waals surface area contributed by atoms with Crippen LogP contribution in [0.3, 0.4) is 0 Å². The summed E-state index contributed by atoms with van der Waals surface area (Å²) in [6, 6.07) is 5.89. The highest BCUT2D eigenvalue weighted by atomic mass is 32.1. The highest BCUT2D eigenvalue weighted by Crippen LogP contribution is 2.14. The summed E-state index contributed by atoms with van der Waals surface area (Å²) >= 11 is 1.75. The molecule has 0 amide bonds. The van der Waals surface area contributed by atoms with Gasteiger partial charge in [-0.2, -0.15) is 9.97 Å². The van der Waals surface area contributed by atoms with Crippen molar-refractivity contribution >= 4 is 23.1 Å². The molecule has 2 aromatic heterocycles. The van der Waals surface area contributed by atoms with Crippen LogP contribution >= 0.6 is 11.3 Å². The molecule has 0 saturated carbocycles. The fraction of sp³-hybridized carbons (Fsp3) is 0.273. The Labute approximate surface area is 104 Å². The van der Waals surface area contributed by atoms with E-state index in [2.05, 4.69) is 26.7 Å². The average Bonchev–Trinajstić information content (AvgIpc) is 2.81. The van der Waals surface area contributed by atoms with Gasteiger partial charge in [0, 0.05) is 17.5 Å². The van der Waals surface area contributed by atoms with Crippen molar-refractivity contribution in [3.8, 4) is 5.88 Å². The van der Waals surface area contributed by atoms with E-state index in [1.165, 1.54) is 4.88 Å². The van der Waals surface area contributed by atoms with Crippen LogP contribution in [0.4, 0.5) is 11.8 Å². The van der Waals surface area contributed by atoms with Gasteiger partial charge in [-0.15, -0.1) is 11.3 Å². The zero-order valence-electron chi connectivity index (χ0n) is 9.51. The number of anilines is 2. The summed E-state index contributed by atoms with van der Waals surface area (Å²) in [5.41, 5.74) is 5.56. The van der Waals surface area contributed by atoms with Gasteiger partial charge in [-0.25, -0.2) is 0 Å². The molecule has 2 heterocycles. The van der Waals surface area contributed by atoms with Crippen LogP contribution in [0.15, 0.2) is 23.6 Å². The highest BCUT2D eigenvalue weighted by molar-refractivity contribution is 7.09. The summed E-state index contributed by atoms with van der Waals surface area (Å²) in [5, 5.41) is 5.26. The largest absolute Gasteiger partial charge is 0.481 e. The number of nitrogens with one attached hydrogen (secondary N) is 1. The molecule has 0 fully saturated rings. The van der Waals surface area contributed by atoms with E-state index in [0.717, 1.165) is 13.0 Å². The first-order valence-electron chi connectivity index (χ1n) is 5.23. The zero-order chi connectivity index (χ0) is 12.1. The Morgan fingerprint density at radius 1 is 1.47 bits per heavy atom. The van der Waals surface area contributed by atoms with Crippen LogP contribution in [0, 0.1) is 0 Å². The Balaban J connectivity index is 1.92. The predicted molar refractivity (Wildman–Crippen MR) is 69.5 cm³/mol. The molecule has 90 valence electrons. The summed E-state index contributed by atoms with van der Waals surface area (Å²) in [4.78, 5) is 9.34. The lowest BCUT2D eigenvalue weighted by Crippen LogP contribution is -2.08. The Hall–Kier alpha value is -1.82. The summed E-state index contributed by atoms with van der Waals surface area (Å²) in [5.74, 6) is 1.37. The molecule has 2 aromatic rings. The second-order valence-corrected chi connectivity index (χ2v) is 4.44. The van der Waals surface area contributed by atoms with Crippen LogP contribution < -0.4 is 15.8 Å². The van der Waals surface area contributed by atoms with Crippen LogP contribution in [-0.2, 0) is 6.42 Å². The third-order valence-corrected chi connectivity index (χ3v) is 3.12. The average molecular weight is 250 g/mol. The molecular weight excluding hydrogens is 236 g/mol. The molecule has 0 radical (unpaired) electrons. The number of nitrogens with zero attached hydrogens (tertiary/aromatic N) is 2. The summed E-state index contributed by atoms with van der Waals surface area (Å²) < 4.78 is 5.02. The number of thiophene rings is 1. The second-order valence-electron chi connectivity index (χ2n) is 3.41. The SMILES string of the molecule is COc1cc(NCCc2cccs2)nc(N)n1. The number of ether oxygens (including phenoxy) is 1. The third kappa shape index (κ3) is 3.32. The molecule has 0 aromatic carbocycles. The standard InChI is InChI=1S/C11H14N4OS/c1-16-10-7-9(14-11(12)15-10)13-5-4-8-3-2-6-17-8/h2-3,6-7H,4-5H2,1H3,(H3,12,13,14,15). The van der Waals surface area contributed by atoms with E-state index in [0.29, 0.717) is 11.7 Å². The van der Waals surface area contributed by atoms with E-state index in [1.54, 1.807) is 24.5 Å². The molecule has 0 saturated heterocycles. The van der Waals surface area contributed by atoms with Gasteiger partial charge in [0.2, 0.25) is 11.8 Å². The maximum atomic E-state index is 5.56. The van der Waals surface area contributed by atoms with E-state index < -0.39 is 0 Å². The molecule has 0 spiro atoms. The molecule has 2 rings (SSSR count). The molecule has 0 bridgehead atoms. The molecule has 0 unspecified atom stereocenters. The van der Waals surface area contributed by atoms with E-state index in [-0.39, 0.29) is 5.95 Å². The number of nitrogens with two attached hydrogens (primary N) is 1. The van der Waals surface area contributed by atoms with Crippen LogP contribution in [0.25, 0.3) is 0 Å². The minimum Gasteiger partial charge on any atom is -0.481 e. The maximum absolute atomic E-state index is 5.56. The zero-order valence-corrected chi connectivity index (χ0v) is 10.3. The Bertz CT molecular complexity index is 472. The lowest BCUT2D eigenvalue weighted by molar-refractivity contribution is 0.398. The van der Waals surface area contributed by atoms with Gasteiger partial charge in [-0.1, -0.05) is 6.07 Å². The topological polar surface area (TPSA) is 73.1 Å². The highest BCUT2D eigenvalue weighted by Gasteiger charge is 2.02. The normalized spacial score (nSPS) is 10.2. The summed E-state index contributed by atoms with van der Waals surface area (Å²) in [6.07, 6.45) is 0.962. The molecule has 3 N–H and O–H groups in total. The van der Waals surface area contributed by atoms with Gasteiger partial charge in [0.05, 0.1) is 7.11 Å². The van der Waals surface area contributed by atoms with Crippen molar-refractivity contribution in [3.05, 3.63) is 28.5 Å². The molecular formula is C11H14N4OS. The van der Waals surface area contributed by atoms with Crippen molar-refractivity contribution < 1.29 is 4.74 Å². The van der Waals surface area contributed by atoms with Crippen molar-refractivity contribution in [1.82, 2.24) is 9.97 Å². The Kier molecular flexibility index (Phi) is 3.77. The first-order valence-corrected chi connectivity index (χ1v) is 6.10. The molecule has 5 nitrogen and oxygen atoms in total. The van der Waals surface area contributed by atoms with E-state index in [4.69, 9.17) is 10.5 Å². The molecule has 17 heavy (non-hydrogen) atoms. The van der Waals surface area contributed by atoms with Gasteiger partial charge in [0.25, 0.3) is 0 Å². The molecule has 0 aliphatic heterocycles. The lowest BCUT2D eigenvalue weighted by Gasteiger charge is -2.06. The van der Waals surface area contributed by atoms with Gasteiger partial charge in [0.15, 0.2) is 0 Å². The van der Waals surface area contributed by atoms with Crippen molar-refractivity contribution in [2.45, 2.75) is 6.42 Å². The third-order valence-electron chi connectivity index (χ3n) is 2.19. The number of hydrogen-bond donors (Lipinski definition) is 2. The number of aromatic nitrogens is 2. The van der Waals surface area contributed by atoms with Crippen molar-refractivity contribution in [1.29, 1.82) is 0 Å². The number of nitrogen functional groups attached to an aromatic ring is 1. The van der Waals surface area contributed by atoms with Crippen molar-refractivity contribution in [2.24, 2.45) is 0 Å². The van der Waals surface area contributed by atoms with Gasteiger partial charge in [0.1, 0.15) is 5.82 Å². The first kappa shape index (κ1) is 11.7. The van der Waals surface area contributed by atoms with Crippen LogP contribution in [0.5, 0.6) is 5.88 Å². The van der Waals surface area contributed by atoms with Crippen molar-refractivity contribution in [2.75, 3.05) is 24.7 Å². The number of hydrogen-bond acceptors (Lipinski definition) is 6. The van der Waals surface area contributed by atoms with Crippen LogP contribution in [0.2, 0.25) is 0 Å². The Morgan fingerprint density at radius 3 is 3.06 bits per heavy atom. The van der Waals surface area contributed by atoms with Crippen molar-refractivity contribution in [3.63, 3.8) is 0 Å². The van der Waals surface area contributed by atoms with Crippen LogP contribution in [-0.4, -0.2) is 23.6 Å². The van der Waals surface area contributed by atoms with E-state index in [9.17, 15) is 0 Å².